The smallest absolute Gasteiger partial charge is 0.314 e. The third-order valence-electron chi connectivity index (χ3n) is 3.33. The molecule has 1 aliphatic carbocycles. The van der Waals surface area contributed by atoms with Crippen LogP contribution in [0.2, 0.25) is 0 Å². The molecule has 6 heteroatoms. The van der Waals surface area contributed by atoms with Crippen LogP contribution in [0, 0.1) is 5.92 Å². The monoisotopic (exact) mass is 274 g/mol. The number of carboxylic acid groups (broad SMARTS) is 1. The first-order chi connectivity index (χ1) is 8.49. The number of rotatable bonds is 8. The molecular formula is C12H22N2O3S. The molecular weight excluding hydrogens is 252 g/mol. The van der Waals surface area contributed by atoms with Crippen molar-refractivity contribution in [2.75, 3.05) is 19.3 Å². The molecule has 0 radical (unpaired) electrons. The van der Waals surface area contributed by atoms with Crippen molar-refractivity contribution in [3.63, 3.8) is 0 Å². The Bertz CT molecular complexity index is 306. The molecule has 0 aromatic carbocycles. The lowest BCUT2D eigenvalue weighted by molar-refractivity contribution is -0.141. The minimum absolute atomic E-state index is 0.154. The molecule has 5 nitrogen and oxygen atoms in total. The van der Waals surface area contributed by atoms with Crippen molar-refractivity contribution >= 4 is 23.8 Å². The molecule has 104 valence electrons. The average molecular weight is 274 g/mol. The quantitative estimate of drug-likeness (QED) is 0.588. The minimum Gasteiger partial charge on any atom is -0.481 e. The molecule has 1 atom stereocenters. The van der Waals surface area contributed by atoms with Gasteiger partial charge in [0.2, 0.25) is 0 Å². The number of carbonyl (C=O) groups excluding carboxylic acids is 1. The molecule has 0 heterocycles. The van der Waals surface area contributed by atoms with E-state index >= 15 is 0 Å². The molecule has 0 aliphatic heterocycles. The van der Waals surface area contributed by atoms with Gasteiger partial charge in [-0.3, -0.25) is 4.79 Å². The van der Waals surface area contributed by atoms with Crippen LogP contribution < -0.4 is 10.6 Å². The highest BCUT2D eigenvalue weighted by Gasteiger charge is 2.41. The molecule has 1 fully saturated rings. The van der Waals surface area contributed by atoms with Gasteiger partial charge in [0.15, 0.2) is 0 Å². The number of hydrogen-bond acceptors (Lipinski definition) is 3. The van der Waals surface area contributed by atoms with Crippen LogP contribution in [0.3, 0.4) is 0 Å². The SMILES string of the molecule is CSC1(CNC(=O)NCCCC(C)C(=O)O)CC1. The Labute approximate surface area is 112 Å². The van der Waals surface area contributed by atoms with E-state index in [1.54, 1.807) is 6.92 Å². The number of carbonyl (C=O) groups is 2. The number of thioether (sulfide) groups is 1. The van der Waals surface area contributed by atoms with E-state index in [-0.39, 0.29) is 16.7 Å². The lowest BCUT2D eigenvalue weighted by Gasteiger charge is -2.13. The Morgan fingerprint density at radius 1 is 1.39 bits per heavy atom. The second kappa shape index (κ2) is 6.87. The Kier molecular flexibility index (Phi) is 5.78. The first-order valence-electron chi connectivity index (χ1n) is 6.29. The van der Waals surface area contributed by atoms with Gasteiger partial charge in [-0.1, -0.05) is 6.92 Å². The molecule has 0 saturated heterocycles. The zero-order valence-corrected chi connectivity index (χ0v) is 11.8. The van der Waals surface area contributed by atoms with E-state index in [1.807, 2.05) is 11.8 Å². The van der Waals surface area contributed by atoms with Crippen molar-refractivity contribution in [2.24, 2.45) is 5.92 Å². The van der Waals surface area contributed by atoms with Gasteiger partial charge in [-0.05, 0) is 31.9 Å². The van der Waals surface area contributed by atoms with Crippen LogP contribution >= 0.6 is 11.8 Å². The number of amides is 2. The van der Waals surface area contributed by atoms with Crippen molar-refractivity contribution in [1.82, 2.24) is 10.6 Å². The maximum Gasteiger partial charge on any atom is 0.314 e. The maximum absolute atomic E-state index is 11.5. The van der Waals surface area contributed by atoms with Gasteiger partial charge in [0.25, 0.3) is 0 Å². The predicted molar refractivity (Wildman–Crippen MR) is 72.9 cm³/mol. The molecule has 1 aliphatic rings. The normalized spacial score (nSPS) is 17.9. The fraction of sp³-hybridized carbons (Fsp3) is 0.833. The third-order valence-corrected chi connectivity index (χ3v) is 4.75. The Morgan fingerprint density at radius 2 is 2.06 bits per heavy atom. The molecule has 0 aromatic heterocycles. The molecule has 0 aromatic rings. The van der Waals surface area contributed by atoms with Crippen molar-refractivity contribution in [3.05, 3.63) is 0 Å². The van der Waals surface area contributed by atoms with E-state index in [2.05, 4.69) is 16.9 Å². The molecule has 3 N–H and O–H groups in total. The summed E-state index contributed by atoms with van der Waals surface area (Å²) in [5.41, 5.74) is 0. The second-order valence-corrected chi connectivity index (χ2v) is 6.15. The zero-order chi connectivity index (χ0) is 13.6. The summed E-state index contributed by atoms with van der Waals surface area (Å²) < 4.78 is 0.273. The van der Waals surface area contributed by atoms with Crippen molar-refractivity contribution in [1.29, 1.82) is 0 Å². The largest absolute Gasteiger partial charge is 0.481 e. The Balaban J connectivity index is 2.02. The molecule has 1 unspecified atom stereocenters. The van der Waals surface area contributed by atoms with E-state index in [9.17, 15) is 9.59 Å². The summed E-state index contributed by atoms with van der Waals surface area (Å²) in [7, 11) is 0. The van der Waals surface area contributed by atoms with Crippen LogP contribution in [0.25, 0.3) is 0 Å². The predicted octanol–water partition coefficient (Wildman–Crippen LogP) is 1.68. The highest BCUT2D eigenvalue weighted by molar-refractivity contribution is 8.00. The molecule has 2 amide bonds. The van der Waals surface area contributed by atoms with E-state index in [4.69, 9.17) is 5.11 Å². The van der Waals surface area contributed by atoms with Crippen LogP contribution in [0.4, 0.5) is 4.79 Å². The molecule has 0 spiro atoms. The van der Waals surface area contributed by atoms with Crippen LogP contribution in [0.1, 0.15) is 32.6 Å². The molecule has 1 rings (SSSR count). The van der Waals surface area contributed by atoms with Gasteiger partial charge < -0.3 is 15.7 Å². The number of hydrogen-bond donors (Lipinski definition) is 3. The van der Waals surface area contributed by atoms with E-state index < -0.39 is 5.97 Å². The van der Waals surface area contributed by atoms with Crippen LogP contribution in [0.15, 0.2) is 0 Å². The summed E-state index contributed by atoms with van der Waals surface area (Å²) >= 11 is 1.81. The summed E-state index contributed by atoms with van der Waals surface area (Å²) in [6.45, 7) is 2.92. The van der Waals surface area contributed by atoms with Gasteiger partial charge in [-0.2, -0.15) is 11.8 Å². The lowest BCUT2D eigenvalue weighted by atomic mass is 10.1. The fourth-order valence-corrected chi connectivity index (χ4v) is 2.36. The molecule has 18 heavy (non-hydrogen) atoms. The number of urea groups is 1. The van der Waals surface area contributed by atoms with Crippen LogP contribution in [-0.4, -0.2) is 41.2 Å². The van der Waals surface area contributed by atoms with E-state index in [0.717, 1.165) is 0 Å². The lowest BCUT2D eigenvalue weighted by Crippen LogP contribution is -2.40. The van der Waals surface area contributed by atoms with Crippen molar-refractivity contribution < 1.29 is 14.7 Å². The van der Waals surface area contributed by atoms with Gasteiger partial charge in [0.05, 0.1) is 5.92 Å². The summed E-state index contributed by atoms with van der Waals surface area (Å²) in [6.07, 6.45) is 5.69. The number of carboxylic acids is 1. The summed E-state index contributed by atoms with van der Waals surface area (Å²) in [5, 5.41) is 14.3. The summed E-state index contributed by atoms with van der Waals surface area (Å²) in [4.78, 5) is 22.0. The standard InChI is InChI=1S/C12H22N2O3S/c1-9(10(15)16)4-3-7-13-11(17)14-8-12(18-2)5-6-12/h9H,3-8H2,1-2H3,(H,15,16)(H2,13,14,17). The van der Waals surface area contributed by atoms with E-state index in [0.29, 0.717) is 25.9 Å². The van der Waals surface area contributed by atoms with Gasteiger partial charge in [0.1, 0.15) is 0 Å². The van der Waals surface area contributed by atoms with Gasteiger partial charge >= 0.3 is 12.0 Å². The van der Waals surface area contributed by atoms with Crippen molar-refractivity contribution in [2.45, 2.75) is 37.4 Å². The van der Waals surface area contributed by atoms with E-state index in [1.165, 1.54) is 12.8 Å². The third kappa shape index (κ3) is 5.16. The minimum atomic E-state index is -0.782. The van der Waals surface area contributed by atoms with Crippen LogP contribution in [0.5, 0.6) is 0 Å². The number of nitrogens with one attached hydrogen (secondary N) is 2. The number of aliphatic carboxylic acids is 1. The summed E-state index contributed by atoms with van der Waals surface area (Å²) in [5.74, 6) is -1.13. The maximum atomic E-state index is 11.5. The van der Waals surface area contributed by atoms with Gasteiger partial charge in [-0.25, -0.2) is 4.79 Å². The summed E-state index contributed by atoms with van der Waals surface area (Å²) in [6, 6.07) is -0.154. The topological polar surface area (TPSA) is 78.4 Å². The van der Waals surface area contributed by atoms with Gasteiger partial charge in [-0.15, -0.1) is 0 Å². The molecule has 1 saturated carbocycles. The average Bonchev–Trinajstić information content (AvgIpc) is 3.12. The molecule has 0 bridgehead atoms. The van der Waals surface area contributed by atoms with Crippen molar-refractivity contribution in [3.8, 4) is 0 Å². The van der Waals surface area contributed by atoms with Gasteiger partial charge in [0, 0.05) is 17.8 Å². The zero-order valence-electron chi connectivity index (χ0n) is 11.0. The first kappa shape index (κ1) is 15.1. The second-order valence-electron chi connectivity index (χ2n) is 4.88. The highest BCUT2D eigenvalue weighted by atomic mass is 32.2. The van der Waals surface area contributed by atoms with Crippen LogP contribution in [-0.2, 0) is 4.79 Å². The first-order valence-corrected chi connectivity index (χ1v) is 7.51. The Hall–Kier alpha value is -0.910. The Morgan fingerprint density at radius 3 is 2.56 bits per heavy atom. The fourth-order valence-electron chi connectivity index (χ4n) is 1.63. The highest BCUT2D eigenvalue weighted by Crippen LogP contribution is 2.46.